The van der Waals surface area contributed by atoms with Crippen LogP contribution in [-0.4, -0.2) is 17.2 Å². The molecule has 0 unspecified atom stereocenters. The first-order chi connectivity index (χ1) is 8.24. The van der Waals surface area contributed by atoms with Gasteiger partial charge in [0.25, 0.3) is 0 Å². The molecule has 3 heteroatoms. The van der Waals surface area contributed by atoms with Crippen molar-refractivity contribution in [2.75, 3.05) is 0 Å². The van der Waals surface area contributed by atoms with E-state index in [1.807, 2.05) is 18.2 Å². The molecule has 1 aliphatic rings. The Morgan fingerprint density at radius 2 is 2.12 bits per heavy atom. The van der Waals surface area contributed by atoms with Gasteiger partial charge in [-0.1, -0.05) is 44.4 Å². The lowest BCUT2D eigenvalue weighted by atomic mass is 9.98. The number of esters is 1. The lowest BCUT2D eigenvalue weighted by Crippen LogP contribution is -2.18. The second-order valence-corrected chi connectivity index (χ2v) is 4.48. The van der Waals surface area contributed by atoms with Crippen LogP contribution in [0.3, 0.4) is 0 Å². The fourth-order valence-corrected chi connectivity index (χ4v) is 2.21. The molecule has 0 saturated heterocycles. The van der Waals surface area contributed by atoms with Gasteiger partial charge in [0.15, 0.2) is 6.10 Å². The lowest BCUT2D eigenvalue weighted by Gasteiger charge is -2.17. The van der Waals surface area contributed by atoms with Crippen molar-refractivity contribution < 1.29 is 14.6 Å². The van der Waals surface area contributed by atoms with Gasteiger partial charge in [-0.05, 0) is 12.5 Å². The van der Waals surface area contributed by atoms with Gasteiger partial charge in [-0.3, -0.25) is 0 Å². The molecule has 3 nitrogen and oxygen atoms in total. The van der Waals surface area contributed by atoms with Crippen molar-refractivity contribution in [2.45, 2.75) is 44.8 Å². The van der Waals surface area contributed by atoms with Gasteiger partial charge in [-0.25, -0.2) is 4.79 Å². The number of hydrogen-bond donors (Lipinski definition) is 1. The molecule has 0 bridgehead atoms. The maximum Gasteiger partial charge on any atom is 0.339 e. The molecule has 1 aromatic carbocycles. The van der Waals surface area contributed by atoms with Gasteiger partial charge in [0, 0.05) is 5.56 Å². The van der Waals surface area contributed by atoms with Crippen molar-refractivity contribution in [1.82, 2.24) is 0 Å². The van der Waals surface area contributed by atoms with E-state index in [4.69, 9.17) is 4.74 Å². The molecule has 1 heterocycles. The standard InChI is InChI=1S/C14H18O3/c1-2-3-4-9-12(15)13-10-7-5-6-8-11(10)14(16)17-13/h5-8,12-13,15H,2-4,9H2,1H3/t12-,13-/m0/s1. The molecule has 1 aliphatic heterocycles. The minimum absolute atomic E-state index is 0.319. The van der Waals surface area contributed by atoms with E-state index in [2.05, 4.69) is 6.92 Å². The molecule has 0 spiro atoms. The number of fused-ring (bicyclic) bond motifs is 1. The zero-order valence-corrected chi connectivity index (χ0v) is 10.1. The van der Waals surface area contributed by atoms with Crippen LogP contribution in [0.15, 0.2) is 24.3 Å². The number of aliphatic hydroxyl groups is 1. The Labute approximate surface area is 101 Å². The second kappa shape index (κ2) is 5.32. The van der Waals surface area contributed by atoms with Crippen molar-refractivity contribution in [3.63, 3.8) is 0 Å². The van der Waals surface area contributed by atoms with Gasteiger partial charge in [0.2, 0.25) is 0 Å². The number of hydrogen-bond acceptors (Lipinski definition) is 3. The number of cyclic esters (lactones) is 1. The molecule has 92 valence electrons. The summed E-state index contributed by atoms with van der Waals surface area (Å²) in [5, 5.41) is 10.1. The summed E-state index contributed by atoms with van der Waals surface area (Å²) in [6.07, 6.45) is 2.80. The Morgan fingerprint density at radius 1 is 1.35 bits per heavy atom. The zero-order valence-electron chi connectivity index (χ0n) is 10.1. The highest BCUT2D eigenvalue weighted by molar-refractivity contribution is 5.94. The molecule has 2 rings (SSSR count). The van der Waals surface area contributed by atoms with E-state index in [9.17, 15) is 9.90 Å². The zero-order chi connectivity index (χ0) is 12.3. The van der Waals surface area contributed by atoms with Crippen LogP contribution >= 0.6 is 0 Å². The Hall–Kier alpha value is -1.35. The first-order valence-corrected chi connectivity index (χ1v) is 6.22. The molecule has 0 aliphatic carbocycles. The molecule has 0 radical (unpaired) electrons. The van der Waals surface area contributed by atoms with Crippen LogP contribution in [0.4, 0.5) is 0 Å². The molecule has 17 heavy (non-hydrogen) atoms. The van der Waals surface area contributed by atoms with E-state index in [0.717, 1.165) is 24.8 Å². The number of rotatable bonds is 5. The van der Waals surface area contributed by atoms with Crippen LogP contribution in [0.5, 0.6) is 0 Å². The average molecular weight is 234 g/mol. The van der Waals surface area contributed by atoms with Gasteiger partial charge < -0.3 is 9.84 Å². The molecular formula is C14H18O3. The fraction of sp³-hybridized carbons (Fsp3) is 0.500. The summed E-state index contributed by atoms with van der Waals surface area (Å²) in [6, 6.07) is 7.28. The largest absolute Gasteiger partial charge is 0.451 e. The molecule has 1 aromatic rings. The maximum atomic E-state index is 11.6. The summed E-state index contributed by atoms with van der Waals surface area (Å²) in [4.78, 5) is 11.6. The first-order valence-electron chi connectivity index (χ1n) is 6.22. The summed E-state index contributed by atoms with van der Waals surface area (Å²) < 4.78 is 5.24. The number of benzene rings is 1. The van der Waals surface area contributed by atoms with Crippen LogP contribution in [0, 0.1) is 0 Å². The third kappa shape index (κ3) is 2.50. The number of unbranched alkanes of at least 4 members (excludes halogenated alkanes) is 2. The highest BCUT2D eigenvalue weighted by Gasteiger charge is 2.35. The highest BCUT2D eigenvalue weighted by Crippen LogP contribution is 2.34. The van der Waals surface area contributed by atoms with Crippen LogP contribution in [-0.2, 0) is 4.74 Å². The molecule has 2 atom stereocenters. The molecule has 0 amide bonds. The van der Waals surface area contributed by atoms with E-state index in [1.165, 1.54) is 0 Å². The van der Waals surface area contributed by atoms with Crippen LogP contribution in [0.1, 0.15) is 54.6 Å². The number of carbonyl (C=O) groups excluding carboxylic acids is 1. The van der Waals surface area contributed by atoms with Gasteiger partial charge in [-0.15, -0.1) is 0 Å². The van der Waals surface area contributed by atoms with Crippen LogP contribution in [0.25, 0.3) is 0 Å². The second-order valence-electron chi connectivity index (χ2n) is 4.48. The van der Waals surface area contributed by atoms with E-state index < -0.39 is 12.2 Å². The quantitative estimate of drug-likeness (QED) is 0.629. The van der Waals surface area contributed by atoms with Crippen molar-refractivity contribution in [2.24, 2.45) is 0 Å². The molecule has 0 saturated carbocycles. The van der Waals surface area contributed by atoms with Crippen LogP contribution < -0.4 is 0 Å². The molecule has 0 aromatic heterocycles. The Kier molecular flexibility index (Phi) is 3.79. The summed E-state index contributed by atoms with van der Waals surface area (Å²) in [6.45, 7) is 2.12. The number of ether oxygens (including phenoxy) is 1. The monoisotopic (exact) mass is 234 g/mol. The van der Waals surface area contributed by atoms with Crippen molar-refractivity contribution in [3.8, 4) is 0 Å². The molecule has 0 fully saturated rings. The normalized spacial score (nSPS) is 19.9. The third-order valence-electron chi connectivity index (χ3n) is 3.17. The number of aliphatic hydroxyl groups excluding tert-OH is 1. The van der Waals surface area contributed by atoms with Crippen molar-refractivity contribution in [1.29, 1.82) is 0 Å². The van der Waals surface area contributed by atoms with E-state index in [1.54, 1.807) is 6.07 Å². The number of carbonyl (C=O) groups is 1. The molecular weight excluding hydrogens is 216 g/mol. The lowest BCUT2D eigenvalue weighted by molar-refractivity contribution is -0.0128. The van der Waals surface area contributed by atoms with Gasteiger partial charge in [0.05, 0.1) is 11.7 Å². The van der Waals surface area contributed by atoms with Gasteiger partial charge in [0.1, 0.15) is 0 Å². The van der Waals surface area contributed by atoms with Crippen molar-refractivity contribution >= 4 is 5.97 Å². The van der Waals surface area contributed by atoms with Gasteiger partial charge >= 0.3 is 5.97 Å². The predicted molar refractivity (Wildman–Crippen MR) is 64.7 cm³/mol. The smallest absolute Gasteiger partial charge is 0.339 e. The summed E-state index contributed by atoms with van der Waals surface area (Å²) >= 11 is 0. The van der Waals surface area contributed by atoms with Gasteiger partial charge in [-0.2, -0.15) is 0 Å². The topological polar surface area (TPSA) is 46.5 Å². The summed E-state index contributed by atoms with van der Waals surface area (Å²) in [5.74, 6) is -0.319. The predicted octanol–water partition coefficient (Wildman–Crippen LogP) is 2.84. The fourth-order valence-electron chi connectivity index (χ4n) is 2.21. The minimum atomic E-state index is -0.589. The van der Waals surface area contributed by atoms with E-state index >= 15 is 0 Å². The first kappa shape index (κ1) is 12.1. The third-order valence-corrected chi connectivity index (χ3v) is 3.17. The summed E-state index contributed by atoms with van der Waals surface area (Å²) in [5.41, 5.74) is 1.41. The highest BCUT2D eigenvalue weighted by atomic mass is 16.6. The van der Waals surface area contributed by atoms with Crippen molar-refractivity contribution in [3.05, 3.63) is 35.4 Å². The maximum absolute atomic E-state index is 11.6. The Morgan fingerprint density at radius 3 is 2.88 bits per heavy atom. The summed E-state index contributed by atoms with van der Waals surface area (Å²) in [7, 11) is 0. The minimum Gasteiger partial charge on any atom is -0.451 e. The van der Waals surface area contributed by atoms with Crippen LogP contribution in [0.2, 0.25) is 0 Å². The van der Waals surface area contributed by atoms with E-state index in [-0.39, 0.29) is 5.97 Å². The average Bonchev–Trinajstić information content (AvgIpc) is 2.68. The SMILES string of the molecule is CCCCC[C@H](O)[C@H]1OC(=O)c2ccccc21. The Bertz CT molecular complexity index is 400. The molecule has 1 N–H and O–H groups in total. The van der Waals surface area contributed by atoms with E-state index in [0.29, 0.717) is 12.0 Å². The Balaban J connectivity index is 2.06.